The van der Waals surface area contributed by atoms with E-state index < -0.39 is 0 Å². The summed E-state index contributed by atoms with van der Waals surface area (Å²) >= 11 is 0. The standard InChI is InChI=1S/C14H36N4/c1-15(2)9-10-16(11-13-17(3,4)5)12-14-18(6,7)8/h9-14H2,1-8H3/q+2. The van der Waals surface area contributed by atoms with Gasteiger partial charge in [0.2, 0.25) is 0 Å². The number of quaternary nitrogens is 2. The normalized spacial score (nSPS) is 13.7. The van der Waals surface area contributed by atoms with Gasteiger partial charge < -0.3 is 13.9 Å². The van der Waals surface area contributed by atoms with Gasteiger partial charge in [0, 0.05) is 26.2 Å². The molecule has 0 amide bonds. The average molecular weight is 260 g/mol. The fourth-order valence-electron chi connectivity index (χ4n) is 1.56. The zero-order chi connectivity index (χ0) is 14.4. The molecule has 4 nitrogen and oxygen atoms in total. The van der Waals surface area contributed by atoms with Gasteiger partial charge in [0.25, 0.3) is 0 Å². The van der Waals surface area contributed by atoms with Crippen molar-refractivity contribution >= 4 is 0 Å². The van der Waals surface area contributed by atoms with E-state index in [1.807, 2.05) is 0 Å². The second-order valence-electron chi connectivity index (χ2n) is 7.67. The Hall–Kier alpha value is -0.160. The van der Waals surface area contributed by atoms with Crippen LogP contribution in [0.4, 0.5) is 0 Å². The summed E-state index contributed by atoms with van der Waals surface area (Å²) in [6.07, 6.45) is 0. The molecular formula is C14H36N4+2. The molecule has 0 atom stereocenters. The van der Waals surface area contributed by atoms with Crippen molar-refractivity contribution in [3.8, 4) is 0 Å². The summed E-state index contributed by atoms with van der Waals surface area (Å²) in [5, 5.41) is 0. The van der Waals surface area contributed by atoms with Gasteiger partial charge in [-0.1, -0.05) is 0 Å². The largest absolute Gasteiger partial charge is 0.330 e. The Morgan fingerprint density at radius 1 is 0.611 bits per heavy atom. The summed E-state index contributed by atoms with van der Waals surface area (Å²) in [7, 11) is 17.9. The summed E-state index contributed by atoms with van der Waals surface area (Å²) < 4.78 is 2.09. The summed E-state index contributed by atoms with van der Waals surface area (Å²) in [4.78, 5) is 4.87. The number of hydrogen-bond donors (Lipinski definition) is 0. The molecule has 0 rings (SSSR count). The molecule has 0 spiro atoms. The van der Waals surface area contributed by atoms with Crippen molar-refractivity contribution in [3.05, 3.63) is 0 Å². The van der Waals surface area contributed by atoms with Gasteiger partial charge in [-0.05, 0) is 14.1 Å². The zero-order valence-electron chi connectivity index (χ0n) is 14.0. The predicted octanol–water partition coefficient (Wildman–Crippen LogP) is 0.262. The molecule has 0 unspecified atom stereocenters. The third-order valence-electron chi connectivity index (χ3n) is 3.04. The van der Waals surface area contributed by atoms with Crippen molar-refractivity contribution < 1.29 is 8.97 Å². The molecule has 0 aromatic rings. The Labute approximate surface area is 115 Å². The first-order chi connectivity index (χ1) is 7.99. The van der Waals surface area contributed by atoms with Gasteiger partial charge in [-0.25, -0.2) is 0 Å². The van der Waals surface area contributed by atoms with Crippen LogP contribution in [0.5, 0.6) is 0 Å². The maximum atomic E-state index is 2.60. The van der Waals surface area contributed by atoms with Crippen LogP contribution in [0.2, 0.25) is 0 Å². The van der Waals surface area contributed by atoms with E-state index in [0.717, 1.165) is 15.5 Å². The van der Waals surface area contributed by atoms with Crippen LogP contribution in [-0.2, 0) is 0 Å². The molecule has 0 aromatic heterocycles. The van der Waals surface area contributed by atoms with Crippen molar-refractivity contribution in [2.24, 2.45) is 0 Å². The highest BCUT2D eigenvalue weighted by molar-refractivity contribution is 4.59. The van der Waals surface area contributed by atoms with Gasteiger partial charge >= 0.3 is 0 Å². The summed E-state index contributed by atoms with van der Waals surface area (Å²) in [5.41, 5.74) is 0. The maximum absolute atomic E-state index is 2.60. The minimum absolute atomic E-state index is 1.04. The molecule has 4 heteroatoms. The van der Waals surface area contributed by atoms with Crippen LogP contribution in [0.1, 0.15) is 0 Å². The fraction of sp³-hybridized carbons (Fsp3) is 1.00. The van der Waals surface area contributed by atoms with Crippen LogP contribution < -0.4 is 0 Å². The molecule has 0 saturated carbocycles. The zero-order valence-corrected chi connectivity index (χ0v) is 14.0. The lowest BCUT2D eigenvalue weighted by atomic mass is 10.3. The van der Waals surface area contributed by atoms with Crippen LogP contribution in [-0.4, -0.2) is 114 Å². The molecule has 0 radical (unpaired) electrons. The lowest BCUT2D eigenvalue weighted by Gasteiger charge is -2.32. The van der Waals surface area contributed by atoms with Gasteiger partial charge in [0.05, 0.1) is 55.4 Å². The molecule has 0 bridgehead atoms. The van der Waals surface area contributed by atoms with Crippen LogP contribution in [0.25, 0.3) is 0 Å². The third-order valence-corrected chi connectivity index (χ3v) is 3.04. The lowest BCUT2D eigenvalue weighted by molar-refractivity contribution is -0.872. The van der Waals surface area contributed by atoms with E-state index in [2.05, 4.69) is 66.2 Å². The first-order valence-electron chi connectivity index (χ1n) is 6.98. The Balaban J connectivity index is 4.16. The molecule has 0 fully saturated rings. The molecule has 110 valence electrons. The first-order valence-corrected chi connectivity index (χ1v) is 6.98. The minimum Gasteiger partial charge on any atom is -0.330 e. The van der Waals surface area contributed by atoms with E-state index >= 15 is 0 Å². The van der Waals surface area contributed by atoms with Crippen molar-refractivity contribution in [1.82, 2.24) is 9.80 Å². The smallest absolute Gasteiger partial charge is 0.0909 e. The van der Waals surface area contributed by atoms with Crippen LogP contribution in [0.3, 0.4) is 0 Å². The van der Waals surface area contributed by atoms with E-state index in [9.17, 15) is 0 Å². The third kappa shape index (κ3) is 12.3. The highest BCUT2D eigenvalue weighted by Gasteiger charge is 2.15. The van der Waals surface area contributed by atoms with Crippen molar-refractivity contribution in [2.45, 2.75) is 0 Å². The van der Waals surface area contributed by atoms with E-state index in [1.165, 1.54) is 32.7 Å². The Bertz CT molecular complexity index is 195. The van der Waals surface area contributed by atoms with Gasteiger partial charge in [-0.15, -0.1) is 0 Å². The summed E-state index contributed by atoms with van der Waals surface area (Å²) in [6.45, 7) is 7.13. The van der Waals surface area contributed by atoms with Crippen LogP contribution in [0, 0.1) is 0 Å². The quantitative estimate of drug-likeness (QED) is 0.549. The molecular weight excluding hydrogens is 224 g/mol. The van der Waals surface area contributed by atoms with E-state index in [1.54, 1.807) is 0 Å². The molecule has 18 heavy (non-hydrogen) atoms. The van der Waals surface area contributed by atoms with E-state index in [-0.39, 0.29) is 0 Å². The summed E-state index contributed by atoms with van der Waals surface area (Å²) in [6, 6.07) is 0. The Morgan fingerprint density at radius 2 is 1.00 bits per heavy atom. The highest BCUT2D eigenvalue weighted by atomic mass is 15.3. The summed E-state index contributed by atoms with van der Waals surface area (Å²) in [5.74, 6) is 0. The highest BCUT2D eigenvalue weighted by Crippen LogP contribution is 1.98. The maximum Gasteiger partial charge on any atom is 0.0909 e. The minimum atomic E-state index is 1.04. The predicted molar refractivity (Wildman–Crippen MR) is 80.8 cm³/mol. The molecule has 0 aliphatic heterocycles. The van der Waals surface area contributed by atoms with Gasteiger partial charge in [-0.2, -0.15) is 0 Å². The number of hydrogen-bond acceptors (Lipinski definition) is 2. The molecule has 0 aliphatic carbocycles. The number of likely N-dealkylation sites (N-methyl/N-ethyl adjacent to an activating group) is 3. The van der Waals surface area contributed by atoms with Crippen molar-refractivity contribution in [2.75, 3.05) is 95.6 Å². The van der Waals surface area contributed by atoms with Crippen LogP contribution in [0.15, 0.2) is 0 Å². The van der Waals surface area contributed by atoms with E-state index in [0.29, 0.717) is 0 Å². The molecule has 0 heterocycles. The molecule has 0 saturated heterocycles. The molecule has 0 N–H and O–H groups in total. The Kier molecular flexibility index (Phi) is 7.37. The monoisotopic (exact) mass is 260 g/mol. The first kappa shape index (κ1) is 17.8. The SMILES string of the molecule is CN(C)CCN(CC[N+](C)(C)C)CC[N+](C)(C)C. The topological polar surface area (TPSA) is 6.48 Å². The number of nitrogens with zero attached hydrogens (tertiary/aromatic N) is 4. The van der Waals surface area contributed by atoms with Crippen LogP contribution >= 0.6 is 0 Å². The van der Waals surface area contributed by atoms with Crippen molar-refractivity contribution in [3.63, 3.8) is 0 Å². The second-order valence-corrected chi connectivity index (χ2v) is 7.67. The molecule has 0 aliphatic rings. The van der Waals surface area contributed by atoms with Gasteiger partial charge in [-0.3, -0.25) is 4.90 Å². The van der Waals surface area contributed by atoms with Gasteiger partial charge in [0.1, 0.15) is 0 Å². The number of rotatable bonds is 9. The second kappa shape index (κ2) is 7.43. The van der Waals surface area contributed by atoms with Crippen molar-refractivity contribution in [1.29, 1.82) is 0 Å². The Morgan fingerprint density at radius 3 is 1.28 bits per heavy atom. The van der Waals surface area contributed by atoms with E-state index in [4.69, 9.17) is 0 Å². The lowest BCUT2D eigenvalue weighted by Crippen LogP contribution is -2.47. The fourth-order valence-corrected chi connectivity index (χ4v) is 1.56. The average Bonchev–Trinajstić information content (AvgIpc) is 2.13. The van der Waals surface area contributed by atoms with Gasteiger partial charge in [0.15, 0.2) is 0 Å². The molecule has 0 aromatic carbocycles.